The van der Waals surface area contributed by atoms with E-state index < -0.39 is 0 Å². The quantitative estimate of drug-likeness (QED) is 0.593. The van der Waals surface area contributed by atoms with Gasteiger partial charge in [-0.1, -0.05) is 6.58 Å². The third-order valence-electron chi connectivity index (χ3n) is 1.46. The summed E-state index contributed by atoms with van der Waals surface area (Å²) in [6, 6.07) is 6.78. The van der Waals surface area contributed by atoms with E-state index in [0.717, 1.165) is 11.5 Å². The highest BCUT2D eigenvalue weighted by Crippen LogP contribution is 2.14. The Labute approximate surface area is 71.7 Å². The molecular formula is C9H12N2O. The lowest BCUT2D eigenvalue weighted by Gasteiger charge is -2.07. The summed E-state index contributed by atoms with van der Waals surface area (Å²) < 4.78 is 0. The Hall–Kier alpha value is -1.64. The fourth-order valence-corrected chi connectivity index (χ4v) is 0.781. The largest absolute Gasteiger partial charge is 0.508 e. The first-order valence-electron chi connectivity index (χ1n) is 3.65. The van der Waals surface area contributed by atoms with E-state index in [0.29, 0.717) is 0 Å². The van der Waals surface area contributed by atoms with E-state index in [-0.39, 0.29) is 5.75 Å². The van der Waals surface area contributed by atoms with Crippen LogP contribution in [-0.4, -0.2) is 12.2 Å². The fraction of sp³-hybridized carbons (Fsp3) is 0.111. The number of aromatic hydroxyl groups is 1. The third kappa shape index (κ3) is 2.20. The molecule has 12 heavy (non-hydrogen) atoms. The number of rotatable bonds is 3. The van der Waals surface area contributed by atoms with Gasteiger partial charge in [-0.15, -0.1) is 0 Å². The van der Waals surface area contributed by atoms with Crippen molar-refractivity contribution in [3.8, 4) is 5.75 Å². The standard InChI is InChI=1S/C9H12N2O/c1-7(10-2)11-8-3-5-9(12)6-4-8/h3-6,10-12H,1H2,2H3. The molecule has 0 aromatic heterocycles. The van der Waals surface area contributed by atoms with E-state index in [2.05, 4.69) is 17.2 Å². The Kier molecular flexibility index (Phi) is 2.58. The minimum atomic E-state index is 0.260. The molecule has 0 aliphatic carbocycles. The zero-order chi connectivity index (χ0) is 8.97. The number of phenols is 1. The summed E-state index contributed by atoms with van der Waals surface area (Å²) in [4.78, 5) is 0. The lowest BCUT2D eigenvalue weighted by atomic mass is 10.3. The van der Waals surface area contributed by atoms with E-state index >= 15 is 0 Å². The molecule has 0 aliphatic rings. The number of nitrogens with one attached hydrogen (secondary N) is 2. The van der Waals surface area contributed by atoms with Crippen LogP contribution in [0.25, 0.3) is 0 Å². The van der Waals surface area contributed by atoms with Gasteiger partial charge < -0.3 is 15.7 Å². The van der Waals surface area contributed by atoms with Gasteiger partial charge in [0.1, 0.15) is 5.75 Å². The van der Waals surface area contributed by atoms with E-state index in [4.69, 9.17) is 5.11 Å². The number of benzene rings is 1. The van der Waals surface area contributed by atoms with E-state index in [1.807, 2.05) is 0 Å². The molecule has 0 radical (unpaired) electrons. The van der Waals surface area contributed by atoms with Gasteiger partial charge in [0.05, 0.1) is 5.82 Å². The van der Waals surface area contributed by atoms with Gasteiger partial charge in [0, 0.05) is 12.7 Å². The number of hydrogen-bond donors (Lipinski definition) is 3. The lowest BCUT2D eigenvalue weighted by molar-refractivity contribution is 0.475. The Morgan fingerprint density at radius 1 is 1.33 bits per heavy atom. The van der Waals surface area contributed by atoms with Gasteiger partial charge >= 0.3 is 0 Å². The molecule has 0 aliphatic heterocycles. The summed E-state index contributed by atoms with van der Waals surface area (Å²) in [6.45, 7) is 3.71. The minimum Gasteiger partial charge on any atom is -0.508 e. The van der Waals surface area contributed by atoms with Crippen LogP contribution < -0.4 is 10.6 Å². The van der Waals surface area contributed by atoms with Gasteiger partial charge in [-0.25, -0.2) is 0 Å². The van der Waals surface area contributed by atoms with Crippen LogP contribution in [0, 0.1) is 0 Å². The van der Waals surface area contributed by atoms with Crippen molar-refractivity contribution in [2.45, 2.75) is 0 Å². The summed E-state index contributed by atoms with van der Waals surface area (Å²) in [5, 5.41) is 14.8. The Balaban J connectivity index is 2.64. The van der Waals surface area contributed by atoms with Gasteiger partial charge in [-0.3, -0.25) is 0 Å². The van der Waals surface area contributed by atoms with Crippen LogP contribution in [-0.2, 0) is 0 Å². The molecule has 1 aromatic carbocycles. The van der Waals surface area contributed by atoms with Crippen LogP contribution in [0.2, 0.25) is 0 Å². The Bertz CT molecular complexity index is 266. The van der Waals surface area contributed by atoms with Crippen LogP contribution in [0.4, 0.5) is 5.69 Å². The van der Waals surface area contributed by atoms with Crippen molar-refractivity contribution in [3.05, 3.63) is 36.7 Å². The van der Waals surface area contributed by atoms with Crippen molar-refractivity contribution in [3.63, 3.8) is 0 Å². The smallest absolute Gasteiger partial charge is 0.115 e. The number of anilines is 1. The molecule has 0 amide bonds. The normalized spacial score (nSPS) is 9.08. The molecule has 1 rings (SSSR count). The molecule has 1 aromatic rings. The molecule has 0 unspecified atom stereocenters. The van der Waals surface area contributed by atoms with Crippen LogP contribution in [0.1, 0.15) is 0 Å². The van der Waals surface area contributed by atoms with E-state index in [1.165, 1.54) is 0 Å². The fourth-order valence-electron chi connectivity index (χ4n) is 0.781. The van der Waals surface area contributed by atoms with Crippen molar-refractivity contribution in [1.29, 1.82) is 0 Å². The SMILES string of the molecule is C=C(NC)Nc1ccc(O)cc1. The van der Waals surface area contributed by atoms with Crippen molar-refractivity contribution in [2.75, 3.05) is 12.4 Å². The molecule has 0 saturated carbocycles. The zero-order valence-corrected chi connectivity index (χ0v) is 6.96. The Morgan fingerprint density at radius 3 is 2.42 bits per heavy atom. The summed E-state index contributed by atoms with van der Waals surface area (Å²) >= 11 is 0. The predicted octanol–water partition coefficient (Wildman–Crippen LogP) is 1.49. The third-order valence-corrected chi connectivity index (χ3v) is 1.46. The van der Waals surface area contributed by atoms with Gasteiger partial charge in [0.2, 0.25) is 0 Å². The monoisotopic (exact) mass is 164 g/mol. The van der Waals surface area contributed by atoms with Crippen molar-refractivity contribution < 1.29 is 5.11 Å². The number of hydrogen-bond acceptors (Lipinski definition) is 3. The first-order chi connectivity index (χ1) is 5.72. The average Bonchev–Trinajstić information content (AvgIpc) is 2.09. The molecule has 64 valence electrons. The summed E-state index contributed by atoms with van der Waals surface area (Å²) in [5.74, 6) is 0.983. The van der Waals surface area contributed by atoms with E-state index in [1.54, 1.807) is 31.3 Å². The number of phenolic OH excluding ortho intramolecular Hbond substituents is 1. The molecule has 3 heteroatoms. The Morgan fingerprint density at radius 2 is 1.92 bits per heavy atom. The second-order valence-corrected chi connectivity index (χ2v) is 2.40. The summed E-state index contributed by atoms with van der Waals surface area (Å²) in [5.41, 5.74) is 0.896. The summed E-state index contributed by atoms with van der Waals surface area (Å²) in [6.07, 6.45) is 0. The highest BCUT2D eigenvalue weighted by atomic mass is 16.3. The minimum absolute atomic E-state index is 0.260. The van der Waals surface area contributed by atoms with Crippen molar-refractivity contribution in [2.24, 2.45) is 0 Å². The second kappa shape index (κ2) is 3.67. The maximum absolute atomic E-state index is 8.98. The zero-order valence-electron chi connectivity index (χ0n) is 6.96. The maximum atomic E-state index is 8.98. The molecule has 3 nitrogen and oxygen atoms in total. The van der Waals surface area contributed by atoms with Crippen LogP contribution in [0.5, 0.6) is 5.75 Å². The van der Waals surface area contributed by atoms with Gasteiger partial charge in [0.15, 0.2) is 0 Å². The molecule has 0 fully saturated rings. The lowest BCUT2D eigenvalue weighted by Crippen LogP contribution is -2.12. The van der Waals surface area contributed by atoms with Crippen molar-refractivity contribution >= 4 is 5.69 Å². The summed E-state index contributed by atoms with van der Waals surface area (Å²) in [7, 11) is 1.79. The maximum Gasteiger partial charge on any atom is 0.115 e. The first kappa shape index (κ1) is 8.46. The highest BCUT2D eigenvalue weighted by Gasteiger charge is 1.92. The molecule has 0 atom stereocenters. The molecular weight excluding hydrogens is 152 g/mol. The highest BCUT2D eigenvalue weighted by molar-refractivity contribution is 5.49. The van der Waals surface area contributed by atoms with Crippen LogP contribution in [0.15, 0.2) is 36.7 Å². The van der Waals surface area contributed by atoms with E-state index in [9.17, 15) is 0 Å². The average molecular weight is 164 g/mol. The molecule has 0 saturated heterocycles. The van der Waals surface area contributed by atoms with Gasteiger partial charge in [-0.2, -0.15) is 0 Å². The predicted molar refractivity (Wildman–Crippen MR) is 49.9 cm³/mol. The molecule has 3 N–H and O–H groups in total. The van der Waals surface area contributed by atoms with Crippen LogP contribution in [0.3, 0.4) is 0 Å². The first-order valence-corrected chi connectivity index (χ1v) is 3.65. The van der Waals surface area contributed by atoms with Gasteiger partial charge in [0.25, 0.3) is 0 Å². The molecule has 0 heterocycles. The van der Waals surface area contributed by atoms with Crippen LogP contribution >= 0.6 is 0 Å². The molecule has 0 bridgehead atoms. The van der Waals surface area contributed by atoms with Gasteiger partial charge in [-0.05, 0) is 24.3 Å². The topological polar surface area (TPSA) is 44.3 Å². The second-order valence-electron chi connectivity index (χ2n) is 2.40. The molecule has 0 spiro atoms. The van der Waals surface area contributed by atoms with Crippen molar-refractivity contribution in [1.82, 2.24) is 5.32 Å².